The molecule has 2 rings (SSSR count). The molecule has 1 aromatic carbocycles. The summed E-state index contributed by atoms with van der Waals surface area (Å²) in [5, 5.41) is 0.236. The Morgan fingerprint density at radius 2 is 1.96 bits per heavy atom. The standard InChI is InChI=1S/C18H27ClN2O4S/c1-4-21(13-18(22)20-10-8-14(3)9-11-20)26(23,24)15-6-7-17(25-5-2)16(19)12-15/h6-7,12,14H,4-5,8-11,13H2,1-3H3. The van der Waals surface area contributed by atoms with E-state index in [9.17, 15) is 13.2 Å². The Kier molecular flexibility index (Phi) is 7.32. The largest absolute Gasteiger partial charge is 0.492 e. The quantitative estimate of drug-likeness (QED) is 0.703. The molecule has 6 nitrogen and oxygen atoms in total. The number of nitrogens with zero attached hydrogens (tertiary/aromatic N) is 2. The van der Waals surface area contributed by atoms with Crippen LogP contribution in [0.5, 0.6) is 5.75 Å². The molecule has 1 aliphatic heterocycles. The lowest BCUT2D eigenvalue weighted by Gasteiger charge is -2.32. The van der Waals surface area contributed by atoms with Gasteiger partial charge in [0.25, 0.3) is 0 Å². The van der Waals surface area contributed by atoms with E-state index in [2.05, 4.69) is 6.92 Å². The fraction of sp³-hybridized carbons (Fsp3) is 0.611. The highest BCUT2D eigenvalue weighted by Gasteiger charge is 2.29. The predicted molar refractivity (Wildman–Crippen MR) is 102 cm³/mol. The van der Waals surface area contributed by atoms with Crippen LogP contribution in [0.25, 0.3) is 0 Å². The molecular weight excluding hydrogens is 376 g/mol. The maximum absolute atomic E-state index is 12.9. The summed E-state index contributed by atoms with van der Waals surface area (Å²) in [6.07, 6.45) is 1.91. The van der Waals surface area contributed by atoms with Gasteiger partial charge in [-0.05, 0) is 43.9 Å². The van der Waals surface area contributed by atoms with Gasteiger partial charge in [0.15, 0.2) is 0 Å². The molecule has 0 aliphatic carbocycles. The molecule has 0 unspecified atom stereocenters. The first-order valence-electron chi connectivity index (χ1n) is 8.99. The molecule has 1 aromatic rings. The molecule has 0 N–H and O–H groups in total. The third-order valence-electron chi connectivity index (χ3n) is 4.64. The average molecular weight is 403 g/mol. The van der Waals surface area contributed by atoms with Gasteiger partial charge in [-0.25, -0.2) is 8.42 Å². The number of sulfonamides is 1. The van der Waals surface area contributed by atoms with Crippen LogP contribution in [-0.4, -0.2) is 56.3 Å². The summed E-state index contributed by atoms with van der Waals surface area (Å²) in [5.41, 5.74) is 0. The Morgan fingerprint density at radius 1 is 1.31 bits per heavy atom. The molecule has 0 saturated carbocycles. The van der Waals surface area contributed by atoms with E-state index in [1.807, 2.05) is 6.92 Å². The Labute approximate surface area is 161 Å². The second-order valence-electron chi connectivity index (χ2n) is 6.52. The number of benzene rings is 1. The summed E-state index contributed by atoms with van der Waals surface area (Å²) in [5.74, 6) is 0.894. The number of hydrogen-bond donors (Lipinski definition) is 0. The van der Waals surface area contributed by atoms with Crippen molar-refractivity contribution in [2.45, 2.75) is 38.5 Å². The molecule has 0 atom stereocenters. The van der Waals surface area contributed by atoms with Crippen molar-refractivity contribution in [3.63, 3.8) is 0 Å². The first kappa shape index (κ1) is 21.0. The number of piperidine rings is 1. The van der Waals surface area contributed by atoms with E-state index < -0.39 is 10.0 Å². The van der Waals surface area contributed by atoms with Crippen molar-refractivity contribution in [2.24, 2.45) is 5.92 Å². The molecule has 0 radical (unpaired) electrons. The van der Waals surface area contributed by atoms with Crippen molar-refractivity contribution in [3.05, 3.63) is 23.2 Å². The predicted octanol–water partition coefficient (Wildman–Crippen LogP) is 3.01. The lowest BCUT2D eigenvalue weighted by Crippen LogP contribution is -2.45. The van der Waals surface area contributed by atoms with Gasteiger partial charge >= 0.3 is 0 Å². The zero-order valence-electron chi connectivity index (χ0n) is 15.6. The summed E-state index contributed by atoms with van der Waals surface area (Å²) >= 11 is 6.12. The Hall–Kier alpha value is -1.31. The van der Waals surface area contributed by atoms with Crippen molar-refractivity contribution < 1.29 is 17.9 Å². The van der Waals surface area contributed by atoms with E-state index in [1.165, 1.54) is 16.4 Å². The van der Waals surface area contributed by atoms with Crippen molar-refractivity contribution in [1.82, 2.24) is 9.21 Å². The van der Waals surface area contributed by atoms with Gasteiger partial charge in [-0.2, -0.15) is 4.31 Å². The van der Waals surface area contributed by atoms with E-state index in [1.54, 1.807) is 17.9 Å². The highest BCUT2D eigenvalue weighted by Crippen LogP contribution is 2.29. The maximum Gasteiger partial charge on any atom is 0.243 e. The summed E-state index contributed by atoms with van der Waals surface area (Å²) in [6, 6.07) is 4.37. The first-order valence-corrected chi connectivity index (χ1v) is 10.8. The lowest BCUT2D eigenvalue weighted by atomic mass is 9.99. The Bertz CT molecular complexity index is 731. The number of carbonyl (C=O) groups excluding carboxylic acids is 1. The van der Waals surface area contributed by atoms with Crippen LogP contribution >= 0.6 is 11.6 Å². The van der Waals surface area contributed by atoms with Crippen LogP contribution in [0, 0.1) is 5.92 Å². The van der Waals surface area contributed by atoms with Gasteiger partial charge in [0.2, 0.25) is 15.9 Å². The smallest absolute Gasteiger partial charge is 0.243 e. The first-order chi connectivity index (χ1) is 12.3. The fourth-order valence-corrected chi connectivity index (χ4v) is 4.66. The molecule has 1 heterocycles. The van der Waals surface area contributed by atoms with Crippen molar-refractivity contribution in [3.8, 4) is 5.75 Å². The average Bonchev–Trinajstić information content (AvgIpc) is 2.61. The topological polar surface area (TPSA) is 66.9 Å². The number of halogens is 1. The third kappa shape index (κ3) is 4.90. The van der Waals surface area contributed by atoms with Crippen molar-refractivity contribution in [1.29, 1.82) is 0 Å². The maximum atomic E-state index is 12.9. The van der Waals surface area contributed by atoms with Crippen LogP contribution in [0.3, 0.4) is 0 Å². The number of likely N-dealkylation sites (tertiary alicyclic amines) is 1. The van der Waals surface area contributed by atoms with Crippen molar-refractivity contribution in [2.75, 3.05) is 32.8 Å². The highest BCUT2D eigenvalue weighted by molar-refractivity contribution is 7.89. The van der Waals surface area contributed by atoms with E-state index >= 15 is 0 Å². The van der Waals surface area contributed by atoms with Crippen LogP contribution < -0.4 is 4.74 Å². The van der Waals surface area contributed by atoms with Gasteiger partial charge in [0.05, 0.1) is 23.1 Å². The third-order valence-corrected chi connectivity index (χ3v) is 6.85. The normalized spacial score (nSPS) is 16.1. The molecule has 1 saturated heterocycles. The van der Waals surface area contributed by atoms with E-state index in [-0.39, 0.29) is 28.9 Å². The second-order valence-corrected chi connectivity index (χ2v) is 8.86. The van der Waals surface area contributed by atoms with Gasteiger partial charge in [-0.3, -0.25) is 4.79 Å². The minimum atomic E-state index is -3.80. The Morgan fingerprint density at radius 3 is 2.50 bits per heavy atom. The van der Waals surface area contributed by atoms with Crippen LogP contribution in [0.1, 0.15) is 33.6 Å². The van der Waals surface area contributed by atoms with Crippen LogP contribution in [0.4, 0.5) is 0 Å². The molecule has 146 valence electrons. The zero-order chi connectivity index (χ0) is 19.3. The molecule has 0 bridgehead atoms. The van der Waals surface area contributed by atoms with Crippen LogP contribution in [0.2, 0.25) is 5.02 Å². The zero-order valence-corrected chi connectivity index (χ0v) is 17.1. The lowest BCUT2D eigenvalue weighted by molar-refractivity contribution is -0.132. The summed E-state index contributed by atoms with van der Waals surface area (Å²) in [6.45, 7) is 7.59. The van der Waals surface area contributed by atoms with E-state index in [0.29, 0.717) is 31.4 Å². The van der Waals surface area contributed by atoms with E-state index in [4.69, 9.17) is 16.3 Å². The molecule has 8 heteroatoms. The summed E-state index contributed by atoms with van der Waals surface area (Å²) in [4.78, 5) is 14.3. The van der Waals surface area contributed by atoms with Gasteiger partial charge in [-0.1, -0.05) is 25.4 Å². The number of likely N-dealkylation sites (N-methyl/N-ethyl adjacent to an activating group) is 1. The van der Waals surface area contributed by atoms with Gasteiger partial charge in [0.1, 0.15) is 5.75 Å². The highest BCUT2D eigenvalue weighted by atomic mass is 35.5. The van der Waals surface area contributed by atoms with Crippen LogP contribution in [0.15, 0.2) is 23.1 Å². The molecule has 1 amide bonds. The molecule has 26 heavy (non-hydrogen) atoms. The van der Waals surface area contributed by atoms with Crippen LogP contribution in [-0.2, 0) is 14.8 Å². The van der Waals surface area contributed by atoms with Gasteiger partial charge < -0.3 is 9.64 Å². The summed E-state index contributed by atoms with van der Waals surface area (Å²) in [7, 11) is -3.80. The fourth-order valence-electron chi connectivity index (χ4n) is 2.94. The number of carbonyl (C=O) groups is 1. The van der Waals surface area contributed by atoms with Gasteiger partial charge in [-0.15, -0.1) is 0 Å². The molecule has 0 spiro atoms. The van der Waals surface area contributed by atoms with E-state index in [0.717, 1.165) is 12.8 Å². The van der Waals surface area contributed by atoms with Crippen molar-refractivity contribution >= 4 is 27.5 Å². The number of rotatable bonds is 7. The minimum Gasteiger partial charge on any atom is -0.492 e. The monoisotopic (exact) mass is 402 g/mol. The molecule has 1 fully saturated rings. The number of ether oxygens (including phenoxy) is 1. The van der Waals surface area contributed by atoms with Gasteiger partial charge in [0, 0.05) is 19.6 Å². The Balaban J connectivity index is 2.14. The molecular formula is C18H27ClN2O4S. The minimum absolute atomic E-state index is 0.0628. The SMILES string of the molecule is CCOc1ccc(S(=O)(=O)N(CC)CC(=O)N2CCC(C)CC2)cc1Cl. The number of amides is 1. The number of hydrogen-bond acceptors (Lipinski definition) is 4. The molecule has 0 aromatic heterocycles. The molecule has 1 aliphatic rings. The summed E-state index contributed by atoms with van der Waals surface area (Å²) < 4.78 is 32.4. The second kappa shape index (κ2) is 9.06.